The van der Waals surface area contributed by atoms with Gasteiger partial charge in [0.2, 0.25) is 0 Å². The third-order valence-electron chi connectivity index (χ3n) is 2.96. The maximum absolute atomic E-state index is 11.4. The molecule has 0 atom stereocenters. The second-order valence-electron chi connectivity index (χ2n) is 4.92. The summed E-state index contributed by atoms with van der Waals surface area (Å²) >= 11 is 0. The number of rotatable bonds is 7. The molecule has 1 rings (SSSR count). The van der Waals surface area contributed by atoms with Gasteiger partial charge >= 0.3 is 5.97 Å². The number of aromatic nitrogens is 1. The first-order chi connectivity index (χ1) is 8.97. The topological polar surface area (TPSA) is 56.7 Å². The van der Waals surface area contributed by atoms with E-state index >= 15 is 0 Å². The number of likely N-dealkylation sites (N-methyl/N-ethyl adjacent to an activating group) is 1. The maximum atomic E-state index is 11.4. The van der Waals surface area contributed by atoms with E-state index in [1.165, 1.54) is 0 Å². The van der Waals surface area contributed by atoms with Crippen molar-refractivity contribution >= 4 is 11.8 Å². The molecule has 1 aromatic heterocycles. The van der Waals surface area contributed by atoms with Gasteiger partial charge in [0.1, 0.15) is 11.4 Å². The zero-order valence-corrected chi connectivity index (χ0v) is 12.2. The number of hydrogen-bond acceptors (Lipinski definition) is 4. The number of pyridine rings is 1. The lowest BCUT2D eigenvalue weighted by Crippen LogP contribution is -2.34. The van der Waals surface area contributed by atoms with Gasteiger partial charge < -0.3 is 14.9 Å². The second-order valence-corrected chi connectivity index (χ2v) is 4.92. The number of anilines is 1. The predicted molar refractivity (Wildman–Crippen MR) is 77.0 cm³/mol. The maximum Gasteiger partial charge on any atom is 0.339 e. The molecule has 0 unspecified atom stereocenters. The quantitative estimate of drug-likeness (QED) is 0.815. The van der Waals surface area contributed by atoms with E-state index in [9.17, 15) is 9.90 Å². The van der Waals surface area contributed by atoms with Crippen LogP contribution in [-0.2, 0) is 0 Å². The minimum atomic E-state index is -0.911. The summed E-state index contributed by atoms with van der Waals surface area (Å²) in [6.45, 7) is 6.35. The van der Waals surface area contributed by atoms with E-state index in [1.807, 2.05) is 21.0 Å². The summed E-state index contributed by atoms with van der Waals surface area (Å²) in [4.78, 5) is 19.8. The molecule has 0 aliphatic carbocycles. The molecule has 0 spiro atoms. The van der Waals surface area contributed by atoms with Gasteiger partial charge in [0.25, 0.3) is 0 Å². The lowest BCUT2D eigenvalue weighted by molar-refractivity contribution is 0.0696. The average molecular weight is 265 g/mol. The van der Waals surface area contributed by atoms with Crippen LogP contribution in [0.15, 0.2) is 12.3 Å². The number of carbonyl (C=O) groups is 1. The van der Waals surface area contributed by atoms with Crippen LogP contribution in [0, 0.1) is 6.92 Å². The highest BCUT2D eigenvalue weighted by molar-refractivity contribution is 5.94. The van der Waals surface area contributed by atoms with Crippen molar-refractivity contribution in [2.75, 3.05) is 38.6 Å². The van der Waals surface area contributed by atoms with Gasteiger partial charge in [-0.1, -0.05) is 6.92 Å². The summed E-state index contributed by atoms with van der Waals surface area (Å²) in [6, 6.07) is 1.74. The van der Waals surface area contributed by atoms with E-state index in [0.29, 0.717) is 11.4 Å². The molecular formula is C14H23N3O2. The number of hydrogen-bond donors (Lipinski definition) is 1. The molecule has 0 amide bonds. The Bertz CT molecular complexity index is 433. The van der Waals surface area contributed by atoms with Crippen molar-refractivity contribution in [3.8, 4) is 0 Å². The van der Waals surface area contributed by atoms with Crippen LogP contribution in [0.4, 0.5) is 5.82 Å². The van der Waals surface area contributed by atoms with Crippen LogP contribution in [0.5, 0.6) is 0 Å². The molecule has 0 aromatic carbocycles. The summed E-state index contributed by atoms with van der Waals surface area (Å²) in [5, 5.41) is 9.36. The van der Waals surface area contributed by atoms with Crippen molar-refractivity contribution in [1.82, 2.24) is 9.88 Å². The molecule has 0 aliphatic heterocycles. The Balaban J connectivity index is 3.07. The normalized spacial score (nSPS) is 10.8. The SMILES string of the molecule is CCCN(CCN(C)C)c1nccc(C)c1C(=O)O. The van der Waals surface area contributed by atoms with Crippen LogP contribution in [0.2, 0.25) is 0 Å². The fraction of sp³-hybridized carbons (Fsp3) is 0.571. The van der Waals surface area contributed by atoms with E-state index in [0.717, 1.165) is 31.6 Å². The van der Waals surface area contributed by atoms with Crippen LogP contribution in [-0.4, -0.2) is 54.7 Å². The minimum Gasteiger partial charge on any atom is -0.478 e. The highest BCUT2D eigenvalue weighted by atomic mass is 16.4. The van der Waals surface area contributed by atoms with Gasteiger partial charge in [0, 0.05) is 25.8 Å². The van der Waals surface area contributed by atoms with Crippen molar-refractivity contribution in [3.05, 3.63) is 23.4 Å². The molecule has 5 heteroatoms. The molecule has 0 bridgehead atoms. The number of aryl methyl sites for hydroxylation is 1. The van der Waals surface area contributed by atoms with Crippen LogP contribution in [0.1, 0.15) is 29.3 Å². The number of nitrogens with zero attached hydrogens (tertiary/aromatic N) is 3. The Hall–Kier alpha value is -1.62. The minimum absolute atomic E-state index is 0.315. The summed E-state index contributed by atoms with van der Waals surface area (Å²) in [5.41, 5.74) is 1.07. The largest absolute Gasteiger partial charge is 0.478 e. The molecule has 19 heavy (non-hydrogen) atoms. The van der Waals surface area contributed by atoms with Gasteiger partial charge in [-0.05, 0) is 39.1 Å². The zero-order valence-electron chi connectivity index (χ0n) is 12.2. The summed E-state index contributed by atoms with van der Waals surface area (Å²) in [5.74, 6) is -0.331. The Morgan fingerprint density at radius 3 is 2.53 bits per heavy atom. The van der Waals surface area contributed by atoms with Gasteiger partial charge in [0.15, 0.2) is 0 Å². The molecule has 5 nitrogen and oxygen atoms in total. The summed E-state index contributed by atoms with van der Waals surface area (Å²) in [7, 11) is 4.01. The van der Waals surface area contributed by atoms with Crippen molar-refractivity contribution in [3.63, 3.8) is 0 Å². The Labute approximate surface area is 114 Å². The van der Waals surface area contributed by atoms with Gasteiger partial charge in [-0.25, -0.2) is 9.78 Å². The Morgan fingerprint density at radius 1 is 1.32 bits per heavy atom. The van der Waals surface area contributed by atoms with Crippen LogP contribution in [0.25, 0.3) is 0 Å². The molecule has 1 heterocycles. The van der Waals surface area contributed by atoms with Crippen molar-refractivity contribution < 1.29 is 9.90 Å². The van der Waals surface area contributed by atoms with Crippen molar-refractivity contribution in [2.45, 2.75) is 20.3 Å². The molecule has 0 saturated carbocycles. The fourth-order valence-electron chi connectivity index (χ4n) is 1.96. The third kappa shape index (κ3) is 4.21. The smallest absolute Gasteiger partial charge is 0.339 e. The molecular weight excluding hydrogens is 242 g/mol. The van der Waals surface area contributed by atoms with Crippen LogP contribution in [0.3, 0.4) is 0 Å². The van der Waals surface area contributed by atoms with Gasteiger partial charge in [-0.2, -0.15) is 0 Å². The summed E-state index contributed by atoms with van der Waals surface area (Å²) in [6.07, 6.45) is 2.64. The first kappa shape index (κ1) is 15.4. The van der Waals surface area contributed by atoms with Gasteiger partial charge in [0.05, 0.1) is 0 Å². The van der Waals surface area contributed by atoms with Crippen molar-refractivity contribution in [1.29, 1.82) is 0 Å². The highest BCUT2D eigenvalue weighted by Gasteiger charge is 2.19. The third-order valence-corrected chi connectivity index (χ3v) is 2.96. The number of aromatic carboxylic acids is 1. The molecule has 106 valence electrons. The fourth-order valence-corrected chi connectivity index (χ4v) is 1.96. The molecule has 0 saturated heterocycles. The van der Waals surface area contributed by atoms with E-state index in [2.05, 4.69) is 21.7 Å². The molecule has 0 radical (unpaired) electrons. The lowest BCUT2D eigenvalue weighted by Gasteiger charge is -2.26. The van der Waals surface area contributed by atoms with Crippen molar-refractivity contribution in [2.24, 2.45) is 0 Å². The highest BCUT2D eigenvalue weighted by Crippen LogP contribution is 2.21. The van der Waals surface area contributed by atoms with E-state index in [-0.39, 0.29) is 0 Å². The average Bonchev–Trinajstić information content (AvgIpc) is 2.33. The molecule has 0 aliphatic rings. The second kappa shape index (κ2) is 7.09. The standard InChI is InChI=1S/C14H23N3O2/c1-5-8-17(10-9-16(3)4)13-12(14(18)19)11(2)6-7-15-13/h6-7H,5,8-10H2,1-4H3,(H,18,19). The number of carboxylic acid groups (broad SMARTS) is 1. The van der Waals surface area contributed by atoms with Crippen LogP contribution >= 0.6 is 0 Å². The molecule has 1 N–H and O–H groups in total. The van der Waals surface area contributed by atoms with E-state index in [1.54, 1.807) is 12.3 Å². The summed E-state index contributed by atoms with van der Waals surface area (Å²) < 4.78 is 0. The van der Waals surface area contributed by atoms with Gasteiger partial charge in [-0.15, -0.1) is 0 Å². The predicted octanol–water partition coefficient (Wildman–Crippen LogP) is 1.87. The Morgan fingerprint density at radius 2 is 2.00 bits per heavy atom. The Kier molecular flexibility index (Phi) is 5.76. The van der Waals surface area contributed by atoms with Gasteiger partial charge in [-0.3, -0.25) is 0 Å². The zero-order chi connectivity index (χ0) is 14.4. The first-order valence-electron chi connectivity index (χ1n) is 6.56. The lowest BCUT2D eigenvalue weighted by atomic mass is 10.1. The van der Waals surface area contributed by atoms with E-state index < -0.39 is 5.97 Å². The monoisotopic (exact) mass is 265 g/mol. The molecule has 0 fully saturated rings. The van der Waals surface area contributed by atoms with E-state index in [4.69, 9.17) is 0 Å². The molecule has 1 aromatic rings. The number of carboxylic acids is 1. The van der Waals surface area contributed by atoms with Crippen LogP contribution < -0.4 is 4.90 Å². The first-order valence-corrected chi connectivity index (χ1v) is 6.56.